The molecule has 2 aliphatic heterocycles. The Labute approximate surface area is 144 Å². The lowest BCUT2D eigenvalue weighted by molar-refractivity contribution is -0.134. The normalized spacial score (nSPS) is 18.6. The maximum absolute atomic E-state index is 12.5. The molecule has 0 spiro atoms. The first-order chi connectivity index (χ1) is 11.9. The lowest BCUT2D eigenvalue weighted by atomic mass is 10.0. The van der Waals surface area contributed by atoms with E-state index in [9.17, 15) is 19.2 Å². The number of hydrogen-bond donors (Lipinski definition) is 1. The molecule has 9 nitrogen and oxygen atoms in total. The van der Waals surface area contributed by atoms with Gasteiger partial charge >= 0.3 is 6.03 Å². The molecule has 0 bridgehead atoms. The van der Waals surface area contributed by atoms with Crippen LogP contribution in [0.25, 0.3) is 0 Å². The molecule has 0 atom stereocenters. The second kappa shape index (κ2) is 6.66. The Kier molecular flexibility index (Phi) is 4.56. The molecule has 2 saturated heterocycles. The summed E-state index contributed by atoms with van der Waals surface area (Å²) in [6.45, 7) is 4.33. The molecule has 0 saturated carbocycles. The summed E-state index contributed by atoms with van der Waals surface area (Å²) in [7, 11) is 0. The number of nitrogens with zero attached hydrogens (tertiary/aromatic N) is 4. The largest absolute Gasteiger partial charge is 0.341 e. The van der Waals surface area contributed by atoms with Crippen molar-refractivity contribution < 1.29 is 14.4 Å². The van der Waals surface area contributed by atoms with Crippen LogP contribution in [0.2, 0.25) is 0 Å². The van der Waals surface area contributed by atoms with Gasteiger partial charge in [0.05, 0.1) is 12.9 Å². The van der Waals surface area contributed by atoms with E-state index in [-0.39, 0.29) is 42.5 Å². The third kappa shape index (κ3) is 3.26. The van der Waals surface area contributed by atoms with E-state index in [1.165, 1.54) is 15.8 Å². The molecule has 4 amide bonds. The van der Waals surface area contributed by atoms with Crippen LogP contribution < -0.4 is 10.9 Å². The third-order valence-electron chi connectivity index (χ3n) is 4.88. The Morgan fingerprint density at radius 1 is 1.24 bits per heavy atom. The minimum absolute atomic E-state index is 0.0423. The highest BCUT2D eigenvalue weighted by atomic mass is 16.2. The molecular formula is C16H21N5O4. The summed E-state index contributed by atoms with van der Waals surface area (Å²) in [5.74, 6) is -0.384. The number of carbonyl (C=O) groups is 3. The van der Waals surface area contributed by atoms with E-state index in [1.807, 2.05) is 0 Å². The molecule has 2 fully saturated rings. The third-order valence-corrected chi connectivity index (χ3v) is 4.88. The highest BCUT2D eigenvalue weighted by Crippen LogP contribution is 2.19. The number of piperidine rings is 1. The van der Waals surface area contributed by atoms with Gasteiger partial charge in [-0.05, 0) is 26.7 Å². The summed E-state index contributed by atoms with van der Waals surface area (Å²) in [6, 6.07) is -0.535. The molecule has 1 aromatic rings. The van der Waals surface area contributed by atoms with E-state index in [2.05, 4.69) is 10.3 Å². The highest BCUT2D eigenvalue weighted by molar-refractivity contribution is 6.02. The van der Waals surface area contributed by atoms with Crippen LogP contribution in [-0.4, -0.2) is 62.9 Å². The zero-order valence-corrected chi connectivity index (χ0v) is 14.3. The molecule has 134 valence electrons. The van der Waals surface area contributed by atoms with E-state index in [4.69, 9.17) is 0 Å². The van der Waals surface area contributed by atoms with Gasteiger partial charge in [-0.3, -0.25) is 23.9 Å². The van der Waals surface area contributed by atoms with Crippen LogP contribution in [0.3, 0.4) is 0 Å². The minimum Gasteiger partial charge on any atom is -0.341 e. The molecule has 1 aromatic heterocycles. The number of likely N-dealkylation sites (tertiary alicyclic amines) is 1. The van der Waals surface area contributed by atoms with Gasteiger partial charge in [0.25, 0.3) is 5.56 Å². The number of nitrogens with one attached hydrogen (secondary N) is 1. The van der Waals surface area contributed by atoms with Gasteiger partial charge in [-0.25, -0.2) is 9.78 Å². The molecule has 0 aromatic carbocycles. The van der Waals surface area contributed by atoms with Crippen LogP contribution in [-0.2, 0) is 16.1 Å². The first kappa shape index (κ1) is 17.1. The van der Waals surface area contributed by atoms with Gasteiger partial charge in [-0.1, -0.05) is 0 Å². The molecule has 0 radical (unpaired) electrons. The zero-order chi connectivity index (χ0) is 18.1. The van der Waals surface area contributed by atoms with Gasteiger partial charge in [0.2, 0.25) is 11.8 Å². The maximum Gasteiger partial charge on any atom is 0.324 e. The Balaban J connectivity index is 1.61. The monoisotopic (exact) mass is 347 g/mol. The van der Waals surface area contributed by atoms with E-state index in [1.54, 1.807) is 18.7 Å². The predicted octanol–water partition coefficient (Wildman–Crippen LogP) is -0.597. The molecule has 2 aliphatic rings. The fourth-order valence-corrected chi connectivity index (χ4v) is 3.21. The second-order valence-electron chi connectivity index (χ2n) is 6.42. The molecule has 0 aliphatic carbocycles. The van der Waals surface area contributed by atoms with Crippen molar-refractivity contribution in [2.24, 2.45) is 0 Å². The van der Waals surface area contributed by atoms with Crippen molar-refractivity contribution >= 4 is 17.8 Å². The number of rotatable bonds is 3. The van der Waals surface area contributed by atoms with Crippen LogP contribution in [0, 0.1) is 13.8 Å². The first-order valence-electron chi connectivity index (χ1n) is 8.28. The molecule has 1 N–H and O–H groups in total. The van der Waals surface area contributed by atoms with Crippen molar-refractivity contribution in [3.63, 3.8) is 0 Å². The van der Waals surface area contributed by atoms with Crippen molar-refractivity contribution in [3.05, 3.63) is 27.9 Å². The number of aromatic nitrogens is 2. The number of hydrogen-bond acceptors (Lipinski definition) is 5. The predicted molar refractivity (Wildman–Crippen MR) is 87.8 cm³/mol. The second-order valence-corrected chi connectivity index (χ2v) is 6.42. The summed E-state index contributed by atoms with van der Waals surface area (Å²) in [5, 5.41) is 2.51. The van der Waals surface area contributed by atoms with E-state index in [0.717, 1.165) is 0 Å². The summed E-state index contributed by atoms with van der Waals surface area (Å²) < 4.78 is 1.31. The molecule has 25 heavy (non-hydrogen) atoms. The van der Waals surface area contributed by atoms with Crippen molar-refractivity contribution in [1.29, 1.82) is 0 Å². The summed E-state index contributed by atoms with van der Waals surface area (Å²) in [4.78, 5) is 55.1. The molecule has 0 unspecified atom stereocenters. The van der Waals surface area contributed by atoms with E-state index in [0.29, 0.717) is 37.2 Å². The number of aryl methyl sites for hydroxylation is 1. The number of imide groups is 1. The molecule has 3 rings (SSSR count). The summed E-state index contributed by atoms with van der Waals surface area (Å²) >= 11 is 0. The highest BCUT2D eigenvalue weighted by Gasteiger charge is 2.37. The lowest BCUT2D eigenvalue weighted by Crippen LogP contribution is -2.49. The Morgan fingerprint density at radius 2 is 1.92 bits per heavy atom. The lowest BCUT2D eigenvalue weighted by Gasteiger charge is -2.35. The molecular weight excluding hydrogens is 326 g/mol. The van der Waals surface area contributed by atoms with Gasteiger partial charge < -0.3 is 10.2 Å². The SMILES string of the molecule is Cc1ncn(CC(=O)N2CCC(N3C(=O)CNC3=O)CC2)c(=O)c1C. The number of carbonyl (C=O) groups excluding carboxylic acids is 3. The van der Waals surface area contributed by atoms with E-state index < -0.39 is 0 Å². The average molecular weight is 347 g/mol. The van der Waals surface area contributed by atoms with Crippen molar-refractivity contribution in [2.45, 2.75) is 39.3 Å². The van der Waals surface area contributed by atoms with E-state index >= 15 is 0 Å². The van der Waals surface area contributed by atoms with Crippen LogP contribution >= 0.6 is 0 Å². The molecule has 3 heterocycles. The van der Waals surface area contributed by atoms with Crippen LogP contribution in [0.1, 0.15) is 24.1 Å². The van der Waals surface area contributed by atoms with Crippen molar-refractivity contribution in [3.8, 4) is 0 Å². The van der Waals surface area contributed by atoms with Gasteiger partial charge in [0.15, 0.2) is 0 Å². The van der Waals surface area contributed by atoms with Crippen molar-refractivity contribution in [2.75, 3.05) is 19.6 Å². The molecule has 9 heteroatoms. The van der Waals surface area contributed by atoms with Gasteiger partial charge in [0, 0.05) is 30.4 Å². The maximum atomic E-state index is 12.5. The summed E-state index contributed by atoms with van der Waals surface area (Å²) in [6.07, 6.45) is 2.48. The fraction of sp³-hybridized carbons (Fsp3) is 0.562. The Morgan fingerprint density at radius 3 is 2.52 bits per heavy atom. The van der Waals surface area contributed by atoms with Gasteiger partial charge in [-0.2, -0.15) is 0 Å². The standard InChI is InChI=1S/C16H21N5O4/c1-10-11(2)18-9-20(15(10)24)8-14(23)19-5-3-12(4-6-19)21-13(22)7-17-16(21)25/h9,12H,3-8H2,1-2H3,(H,17,25). The topological polar surface area (TPSA) is 105 Å². The summed E-state index contributed by atoms with van der Waals surface area (Å²) in [5.41, 5.74) is 0.978. The fourth-order valence-electron chi connectivity index (χ4n) is 3.21. The van der Waals surface area contributed by atoms with Crippen LogP contribution in [0.5, 0.6) is 0 Å². The smallest absolute Gasteiger partial charge is 0.324 e. The van der Waals surface area contributed by atoms with Crippen LogP contribution in [0.4, 0.5) is 4.79 Å². The van der Waals surface area contributed by atoms with Gasteiger partial charge in [0.1, 0.15) is 6.54 Å². The Hall–Kier alpha value is -2.71. The number of amides is 4. The zero-order valence-electron chi connectivity index (χ0n) is 14.3. The Bertz CT molecular complexity index is 763. The number of urea groups is 1. The van der Waals surface area contributed by atoms with Crippen molar-refractivity contribution in [1.82, 2.24) is 24.7 Å². The average Bonchev–Trinajstić information content (AvgIpc) is 2.94. The van der Waals surface area contributed by atoms with Gasteiger partial charge in [-0.15, -0.1) is 0 Å². The quantitative estimate of drug-likeness (QED) is 0.736. The first-order valence-corrected chi connectivity index (χ1v) is 8.28. The minimum atomic E-state index is -0.359. The van der Waals surface area contributed by atoms with Crippen LogP contribution in [0.15, 0.2) is 11.1 Å².